The van der Waals surface area contributed by atoms with Gasteiger partial charge >= 0.3 is 5.97 Å². The highest BCUT2D eigenvalue weighted by Gasteiger charge is 2.70. The van der Waals surface area contributed by atoms with Crippen LogP contribution in [0.25, 0.3) is 0 Å². The second-order valence-corrected chi connectivity index (χ2v) is 15.3. The van der Waals surface area contributed by atoms with Gasteiger partial charge in [0.2, 0.25) is 14.1 Å². The van der Waals surface area contributed by atoms with Gasteiger partial charge in [-0.2, -0.15) is 0 Å². The summed E-state index contributed by atoms with van der Waals surface area (Å²) in [6, 6.07) is 3.27. The van der Waals surface area contributed by atoms with Gasteiger partial charge in [-0.25, -0.2) is 0 Å². The molecule has 5 bridgehead atoms. The number of carbonyl (C=O) groups excluding carboxylic acids is 1. The first-order valence-electron chi connectivity index (χ1n) is 13.7. The number of rotatable bonds is 12. The minimum absolute atomic E-state index is 0.0425. The second-order valence-electron chi connectivity index (χ2n) is 10.6. The third kappa shape index (κ3) is 3.97. The standard InChI is InChI=1S/C29H44O4Si/c1-6-11-12-13-14-15-16-22-21-25-28(7-2)19-17-24(33-34(8-3,9-4)10-5)26-23(22)18-20-31-29(25,26)32-27(28)30/h6-7,11,17,21-23,26H,2,8-10,12-16,18-20H2,1,3-5H3/b11-6+/t22-,23+,26+,28+,29+/m1/s1. The van der Waals surface area contributed by atoms with E-state index in [1.165, 1.54) is 19.3 Å². The maximum atomic E-state index is 13.3. The maximum Gasteiger partial charge on any atom is 0.323 e. The van der Waals surface area contributed by atoms with Crippen LogP contribution in [0.2, 0.25) is 18.1 Å². The lowest BCUT2D eigenvalue weighted by atomic mass is 9.62. The van der Waals surface area contributed by atoms with E-state index in [9.17, 15) is 4.79 Å². The first kappa shape index (κ1) is 25.5. The largest absolute Gasteiger partial charge is 0.546 e. The molecular weight excluding hydrogens is 440 g/mol. The van der Waals surface area contributed by atoms with Crippen LogP contribution >= 0.6 is 0 Å². The molecule has 4 nitrogen and oxygen atoms in total. The lowest BCUT2D eigenvalue weighted by Gasteiger charge is -2.51. The van der Waals surface area contributed by atoms with E-state index in [2.05, 4.69) is 58.6 Å². The van der Waals surface area contributed by atoms with Crippen LogP contribution in [-0.2, 0) is 18.7 Å². The number of allylic oxidation sites excluding steroid dienone is 4. The second kappa shape index (κ2) is 10.2. The average molecular weight is 485 g/mol. The van der Waals surface area contributed by atoms with Gasteiger partial charge in [0.25, 0.3) is 0 Å². The summed E-state index contributed by atoms with van der Waals surface area (Å²) in [5, 5.41) is 0. The van der Waals surface area contributed by atoms with Crippen molar-refractivity contribution in [3.63, 3.8) is 0 Å². The Morgan fingerprint density at radius 3 is 2.65 bits per heavy atom. The van der Waals surface area contributed by atoms with Crippen molar-refractivity contribution in [3.05, 3.63) is 48.3 Å². The summed E-state index contributed by atoms with van der Waals surface area (Å²) in [6.45, 7) is 13.6. The molecule has 0 aromatic rings. The zero-order chi connectivity index (χ0) is 24.4. The lowest BCUT2D eigenvalue weighted by Crippen LogP contribution is -2.56. The molecule has 2 saturated heterocycles. The third-order valence-electron chi connectivity index (χ3n) is 9.19. The number of unbranched alkanes of at least 4 members (excludes halogenated alkanes) is 3. The van der Waals surface area contributed by atoms with Crippen molar-refractivity contribution in [2.75, 3.05) is 6.61 Å². The topological polar surface area (TPSA) is 44.8 Å². The van der Waals surface area contributed by atoms with Crippen LogP contribution in [0.4, 0.5) is 0 Å². The average Bonchev–Trinajstić information content (AvgIpc) is 3.03. The summed E-state index contributed by atoms with van der Waals surface area (Å²) in [5.41, 5.74) is 0.177. The van der Waals surface area contributed by atoms with Gasteiger partial charge in [0.05, 0.1) is 18.3 Å². The van der Waals surface area contributed by atoms with Crippen molar-refractivity contribution < 1.29 is 18.7 Å². The monoisotopic (exact) mass is 484 g/mol. The molecule has 2 fully saturated rings. The number of esters is 1. The van der Waals surface area contributed by atoms with Crippen LogP contribution in [0.1, 0.15) is 72.6 Å². The lowest BCUT2D eigenvalue weighted by molar-refractivity contribution is -0.253. The molecule has 0 aromatic heterocycles. The van der Waals surface area contributed by atoms with Crippen molar-refractivity contribution in [1.82, 2.24) is 0 Å². The number of carbonyl (C=O) groups is 1. The van der Waals surface area contributed by atoms with Crippen LogP contribution in [0, 0.1) is 23.2 Å². The first-order chi connectivity index (χ1) is 16.5. The molecule has 4 aliphatic rings. The Kier molecular flexibility index (Phi) is 7.63. The fourth-order valence-corrected chi connectivity index (χ4v) is 9.50. The van der Waals surface area contributed by atoms with Crippen LogP contribution in [0.3, 0.4) is 0 Å². The third-order valence-corrected chi connectivity index (χ3v) is 13.7. The highest BCUT2D eigenvalue weighted by molar-refractivity contribution is 6.73. The van der Waals surface area contributed by atoms with Crippen LogP contribution < -0.4 is 0 Å². The highest BCUT2D eigenvalue weighted by atomic mass is 28.4. The molecule has 1 spiro atoms. The van der Waals surface area contributed by atoms with Gasteiger partial charge in [-0.05, 0) is 75.1 Å². The summed E-state index contributed by atoms with van der Waals surface area (Å²) in [6.07, 6.45) is 18.3. The number of ether oxygens (including phenoxy) is 2. The zero-order valence-corrected chi connectivity index (χ0v) is 22.7. The van der Waals surface area contributed by atoms with E-state index < -0.39 is 19.5 Å². The minimum Gasteiger partial charge on any atom is -0.546 e. The van der Waals surface area contributed by atoms with E-state index in [0.29, 0.717) is 24.9 Å². The molecule has 0 radical (unpaired) electrons. The van der Waals surface area contributed by atoms with Gasteiger partial charge in [0.15, 0.2) is 0 Å². The Bertz CT molecular complexity index is 861. The SMILES string of the molecule is C=C[C@@]12CC=C(O[Si](CC)(CC)CC)[C@@H]3[C@H]4CCO[C@]3(OC1=O)C2=C[C@H]4CCCCC/C=C/C. The molecule has 0 unspecified atom stereocenters. The van der Waals surface area contributed by atoms with Gasteiger partial charge in [-0.3, -0.25) is 4.79 Å². The van der Waals surface area contributed by atoms with Crippen molar-refractivity contribution in [1.29, 1.82) is 0 Å². The van der Waals surface area contributed by atoms with Crippen LogP contribution in [-0.4, -0.2) is 26.7 Å². The maximum absolute atomic E-state index is 13.3. The molecule has 188 valence electrons. The van der Waals surface area contributed by atoms with E-state index in [1.54, 1.807) is 0 Å². The first-order valence-corrected chi connectivity index (χ1v) is 16.2. The van der Waals surface area contributed by atoms with Crippen molar-refractivity contribution in [2.45, 2.75) is 96.6 Å². The predicted octanol–water partition coefficient (Wildman–Crippen LogP) is 7.46. The van der Waals surface area contributed by atoms with E-state index in [4.69, 9.17) is 13.9 Å². The Hall–Kier alpha value is -1.59. The molecule has 0 saturated carbocycles. The van der Waals surface area contributed by atoms with Crippen LogP contribution in [0.15, 0.2) is 48.3 Å². The smallest absolute Gasteiger partial charge is 0.323 e. The minimum atomic E-state index is -1.90. The Labute approximate surface area is 207 Å². The highest BCUT2D eigenvalue weighted by Crippen LogP contribution is 2.64. The molecular formula is C29H44O4Si. The molecule has 2 aliphatic heterocycles. The van der Waals surface area contributed by atoms with E-state index in [-0.39, 0.29) is 11.9 Å². The molecule has 0 amide bonds. The van der Waals surface area contributed by atoms with Crippen molar-refractivity contribution in [3.8, 4) is 0 Å². The molecule has 34 heavy (non-hydrogen) atoms. The molecule has 0 aromatic carbocycles. The van der Waals surface area contributed by atoms with Gasteiger partial charge in [-0.1, -0.05) is 57.9 Å². The fraction of sp³-hybridized carbons (Fsp3) is 0.690. The van der Waals surface area contributed by atoms with Gasteiger partial charge in [0.1, 0.15) is 5.41 Å². The van der Waals surface area contributed by atoms with Gasteiger partial charge < -0.3 is 13.9 Å². The molecule has 2 aliphatic carbocycles. The summed E-state index contributed by atoms with van der Waals surface area (Å²) in [5.74, 6) is 0.586. The molecule has 5 atom stereocenters. The zero-order valence-electron chi connectivity index (χ0n) is 21.7. The fourth-order valence-electron chi connectivity index (χ4n) is 6.85. The van der Waals surface area contributed by atoms with Crippen molar-refractivity contribution in [2.24, 2.45) is 23.2 Å². The normalized spacial score (nSPS) is 34.4. The van der Waals surface area contributed by atoms with E-state index >= 15 is 0 Å². The summed E-state index contributed by atoms with van der Waals surface area (Å²) >= 11 is 0. The van der Waals surface area contributed by atoms with Gasteiger partial charge in [0, 0.05) is 5.57 Å². The molecule has 0 N–H and O–H groups in total. The van der Waals surface area contributed by atoms with E-state index in [0.717, 1.165) is 48.7 Å². The quantitative estimate of drug-likeness (QED) is 0.125. The molecule has 5 heteroatoms. The summed E-state index contributed by atoms with van der Waals surface area (Å²) in [4.78, 5) is 13.3. The summed E-state index contributed by atoms with van der Waals surface area (Å²) < 4.78 is 19.8. The molecule has 4 rings (SSSR count). The Morgan fingerprint density at radius 1 is 1.21 bits per heavy atom. The van der Waals surface area contributed by atoms with Crippen LogP contribution in [0.5, 0.6) is 0 Å². The summed E-state index contributed by atoms with van der Waals surface area (Å²) in [7, 11) is -1.90. The number of hydrogen-bond acceptors (Lipinski definition) is 4. The van der Waals surface area contributed by atoms with Crippen molar-refractivity contribution >= 4 is 14.3 Å². The Morgan fingerprint density at radius 2 is 1.97 bits per heavy atom. The van der Waals surface area contributed by atoms with Gasteiger partial charge in [-0.15, -0.1) is 6.58 Å². The van der Waals surface area contributed by atoms with E-state index in [1.807, 2.05) is 6.08 Å². The predicted molar refractivity (Wildman–Crippen MR) is 139 cm³/mol. The number of hydrogen-bond donors (Lipinski definition) is 0. The Balaban J connectivity index is 1.71. The molecule has 2 heterocycles.